The third kappa shape index (κ3) is 19.5. The Morgan fingerprint density at radius 3 is 1.73 bits per heavy atom. The molecule has 2 aromatic heterocycles. The molecule has 22 nitrogen and oxygen atoms in total. The predicted octanol–water partition coefficient (Wildman–Crippen LogP) is 8.46. The molecule has 0 aliphatic carbocycles. The number of nitrogens with zero attached hydrogens (tertiary/aromatic N) is 3. The fraction of sp³-hybridized carbons (Fsp3) is 0.691. The lowest BCUT2D eigenvalue weighted by Gasteiger charge is -2.28. The zero-order valence-corrected chi connectivity index (χ0v) is 47.2. The van der Waals surface area contributed by atoms with Gasteiger partial charge in [0, 0.05) is 38.7 Å². The van der Waals surface area contributed by atoms with Crippen LogP contribution in [0.1, 0.15) is 165 Å². The zero-order chi connectivity index (χ0) is 56.5. The summed E-state index contributed by atoms with van der Waals surface area (Å²) in [6.45, 7) is 14.4. The third-order valence-electron chi connectivity index (χ3n) is 14.0. The van der Waals surface area contributed by atoms with Crippen molar-refractivity contribution in [2.45, 2.75) is 205 Å². The quantitative estimate of drug-likeness (QED) is 0.0237. The number of rotatable bonds is 37. The van der Waals surface area contributed by atoms with Crippen LogP contribution in [-0.2, 0) is 62.8 Å². The number of ether oxygens (including phenoxy) is 7. The maximum atomic E-state index is 14.6. The standard InChI is InChI=1S/C55H82N5O17P/c1-8-10-11-12-13-14-15-16-17-18-19-20-21-22-23-24-32-70-42-35-40(34-38(3)39(42)4)36-71-46(63)25-26-47(64)76-48-43(75-52(50(48)68-6)59-30-27-44(61)57-54(59)65)37-73-78(67,72-33-29-56-5)77-49-41(9-2)74-53(51(49)69-7)60-31-28-45(62)58-55(60)66/h27-28,30-31,34-35,41,43,48-53H,8-26,29,32-33,36-37H2,1-4,6-7H3,(H,57,61,65)(H,58,62,66)/t41-,43-,48?,49?,50+,51+,52-,53-,78?/m1/s1. The number of benzene rings is 1. The molecular weight excluding hydrogens is 1030 g/mol. The Hall–Kier alpha value is -5.24. The average Bonchev–Trinajstić information content (AvgIpc) is 3.96. The van der Waals surface area contributed by atoms with E-state index in [1.165, 1.54) is 110 Å². The second-order valence-electron chi connectivity index (χ2n) is 19.8. The zero-order valence-electron chi connectivity index (χ0n) is 46.3. The Labute approximate surface area is 456 Å². The summed E-state index contributed by atoms with van der Waals surface area (Å²) in [5.74, 6) is -0.838. The minimum Gasteiger partial charge on any atom is -0.493 e. The maximum absolute atomic E-state index is 14.6. The number of carbonyl (C=O) groups excluding carboxylic acids is 2. The summed E-state index contributed by atoms with van der Waals surface area (Å²) in [7, 11) is -2.19. The molecule has 23 heteroatoms. The molecule has 3 aromatic rings. The number of esters is 2. The van der Waals surface area contributed by atoms with Crippen LogP contribution in [0.3, 0.4) is 0 Å². The van der Waals surface area contributed by atoms with Gasteiger partial charge in [-0.25, -0.2) is 20.7 Å². The van der Waals surface area contributed by atoms with Crippen LogP contribution in [0.25, 0.3) is 4.85 Å². The van der Waals surface area contributed by atoms with Gasteiger partial charge in [-0.2, -0.15) is 0 Å². The van der Waals surface area contributed by atoms with Crippen LogP contribution in [0, 0.1) is 20.4 Å². The number of aromatic nitrogens is 4. The van der Waals surface area contributed by atoms with Gasteiger partial charge in [-0.15, -0.1) is 0 Å². The van der Waals surface area contributed by atoms with Gasteiger partial charge in [0.25, 0.3) is 11.1 Å². The molecule has 0 spiro atoms. The number of hydrogen-bond acceptors (Lipinski definition) is 17. The summed E-state index contributed by atoms with van der Waals surface area (Å²) in [6, 6.07) is 5.97. The summed E-state index contributed by atoms with van der Waals surface area (Å²) < 4.78 is 75.6. The number of H-pyrrole nitrogens is 2. The molecular formula is C55H82N5O17P. The van der Waals surface area contributed by atoms with Crippen molar-refractivity contribution in [1.29, 1.82) is 0 Å². The molecule has 5 rings (SSSR count). The molecule has 2 aliphatic heterocycles. The van der Waals surface area contributed by atoms with Gasteiger partial charge in [0.2, 0.25) is 6.54 Å². The van der Waals surface area contributed by atoms with Gasteiger partial charge in [-0.3, -0.25) is 51.9 Å². The highest BCUT2D eigenvalue weighted by atomic mass is 31.2. The van der Waals surface area contributed by atoms with Crippen LogP contribution < -0.4 is 27.2 Å². The largest absolute Gasteiger partial charge is 0.493 e. The summed E-state index contributed by atoms with van der Waals surface area (Å²) in [5, 5.41) is 0. The molecule has 0 bridgehead atoms. The number of unbranched alkanes of at least 4 members (excludes halogenated alkanes) is 15. The molecule has 1 aromatic carbocycles. The Morgan fingerprint density at radius 1 is 0.679 bits per heavy atom. The van der Waals surface area contributed by atoms with Crippen LogP contribution in [0.15, 0.2) is 55.8 Å². The number of nitrogens with one attached hydrogen (secondary N) is 2. The topological polar surface area (TPSA) is 258 Å². The summed E-state index contributed by atoms with van der Waals surface area (Å²) in [5.41, 5.74) is -0.318. The number of phosphoric acid groups is 1. The first-order valence-electron chi connectivity index (χ1n) is 27.6. The molecule has 3 unspecified atom stereocenters. The monoisotopic (exact) mass is 1120 g/mol. The van der Waals surface area contributed by atoms with Crippen molar-refractivity contribution >= 4 is 19.8 Å². The van der Waals surface area contributed by atoms with E-state index in [4.69, 9.17) is 53.3 Å². The molecule has 9 atom stereocenters. The van der Waals surface area contributed by atoms with E-state index < -0.39 is 111 Å². The van der Waals surface area contributed by atoms with Crippen molar-refractivity contribution in [3.8, 4) is 5.75 Å². The molecule has 2 fully saturated rings. The number of hydrogen-bond donors (Lipinski definition) is 2. The molecule has 0 saturated carbocycles. The number of carbonyl (C=O) groups is 2. The van der Waals surface area contributed by atoms with Gasteiger partial charge in [-0.05, 0) is 49.4 Å². The fourth-order valence-electron chi connectivity index (χ4n) is 9.58. The van der Waals surface area contributed by atoms with Gasteiger partial charge >= 0.3 is 31.1 Å². The Morgan fingerprint density at radius 2 is 1.21 bits per heavy atom. The lowest BCUT2D eigenvalue weighted by molar-refractivity contribution is -0.160. The van der Waals surface area contributed by atoms with Gasteiger partial charge in [-0.1, -0.05) is 116 Å². The van der Waals surface area contributed by atoms with Crippen molar-refractivity contribution in [1.82, 2.24) is 19.1 Å². The van der Waals surface area contributed by atoms with E-state index in [-0.39, 0.29) is 26.0 Å². The normalized spacial score (nSPS) is 21.8. The van der Waals surface area contributed by atoms with Crippen LogP contribution in [-0.4, -0.2) is 108 Å². The van der Waals surface area contributed by atoms with E-state index in [0.29, 0.717) is 6.61 Å². The van der Waals surface area contributed by atoms with Crippen molar-refractivity contribution in [3.05, 3.63) is 106 Å². The lowest BCUT2D eigenvalue weighted by Crippen LogP contribution is -2.41. The molecule has 78 heavy (non-hydrogen) atoms. The summed E-state index contributed by atoms with van der Waals surface area (Å²) >= 11 is 0. The predicted molar refractivity (Wildman–Crippen MR) is 288 cm³/mol. The van der Waals surface area contributed by atoms with Crippen molar-refractivity contribution in [2.24, 2.45) is 0 Å². The van der Waals surface area contributed by atoms with Gasteiger partial charge in [0.1, 0.15) is 43.4 Å². The number of methoxy groups -OCH3 is 2. The number of phosphoric ester groups is 1. The molecule has 2 aliphatic rings. The van der Waals surface area contributed by atoms with Crippen LogP contribution >= 0.6 is 7.82 Å². The minimum absolute atomic E-state index is 0.0644. The Bertz CT molecular complexity index is 2660. The second kappa shape index (κ2) is 33.4. The van der Waals surface area contributed by atoms with E-state index in [1.54, 1.807) is 6.92 Å². The highest BCUT2D eigenvalue weighted by Crippen LogP contribution is 2.54. The summed E-state index contributed by atoms with van der Waals surface area (Å²) in [4.78, 5) is 83.8. The molecule has 0 amide bonds. The van der Waals surface area contributed by atoms with Gasteiger partial charge in [0.05, 0.1) is 32.2 Å². The fourth-order valence-corrected chi connectivity index (χ4v) is 11.0. The van der Waals surface area contributed by atoms with Crippen LogP contribution in [0.4, 0.5) is 0 Å². The highest BCUT2D eigenvalue weighted by molar-refractivity contribution is 7.48. The van der Waals surface area contributed by atoms with Crippen molar-refractivity contribution in [2.75, 3.05) is 40.6 Å². The van der Waals surface area contributed by atoms with Crippen LogP contribution in [0.2, 0.25) is 0 Å². The molecule has 4 heterocycles. The van der Waals surface area contributed by atoms with Gasteiger partial charge in [0.15, 0.2) is 18.6 Å². The first-order chi connectivity index (χ1) is 37.6. The van der Waals surface area contributed by atoms with E-state index in [9.17, 15) is 33.3 Å². The number of aryl methyl sites for hydroxylation is 1. The third-order valence-corrected chi connectivity index (χ3v) is 15.5. The highest BCUT2D eigenvalue weighted by Gasteiger charge is 2.53. The average molecular weight is 1120 g/mol. The van der Waals surface area contributed by atoms with E-state index in [1.807, 2.05) is 26.0 Å². The number of aromatic amines is 2. The first-order valence-corrected chi connectivity index (χ1v) is 29.1. The Balaban J connectivity index is 1.15. The van der Waals surface area contributed by atoms with E-state index in [0.717, 1.165) is 62.7 Å². The molecule has 434 valence electrons. The van der Waals surface area contributed by atoms with Crippen LogP contribution in [0.5, 0.6) is 5.75 Å². The van der Waals surface area contributed by atoms with E-state index >= 15 is 0 Å². The SMILES string of the molecule is [C-]#[N+]CCOP(=O)(OC[C@H]1O[C@@H](n2ccc(=O)[nH]c2=O)[C@@H](OC)C1OC(=O)CCC(=O)OCc1cc(C)c(C)c(OCCCCCCCCCCCCCCCCCC)c1)OC1[C@@H](CC)O[C@@H](n2ccc(=O)[nH]c2=O)[C@H]1OC. The molecule has 2 saturated heterocycles. The maximum Gasteiger partial charge on any atom is 0.475 e. The van der Waals surface area contributed by atoms with Gasteiger partial charge < -0.3 is 38.0 Å². The minimum atomic E-state index is -4.77. The molecule has 2 N–H and O–H groups in total. The first kappa shape index (κ1) is 63.6. The van der Waals surface area contributed by atoms with Crippen molar-refractivity contribution in [3.63, 3.8) is 0 Å². The van der Waals surface area contributed by atoms with Crippen molar-refractivity contribution < 1.29 is 60.9 Å². The summed E-state index contributed by atoms with van der Waals surface area (Å²) in [6.07, 6.45) is 12.7. The lowest BCUT2D eigenvalue weighted by atomic mass is 10.0. The van der Waals surface area contributed by atoms with E-state index in [2.05, 4.69) is 21.7 Å². The Kier molecular flexibility index (Phi) is 27.2. The second-order valence-corrected chi connectivity index (χ2v) is 21.4. The smallest absolute Gasteiger partial charge is 0.475 e. The molecule has 0 radical (unpaired) electrons.